The van der Waals surface area contributed by atoms with Crippen molar-refractivity contribution in [1.82, 2.24) is 0 Å². The summed E-state index contributed by atoms with van der Waals surface area (Å²) in [6, 6.07) is 0. The number of ether oxygens (including phenoxy) is 2. The van der Waals surface area contributed by atoms with Gasteiger partial charge in [-0.1, -0.05) is 140 Å². The van der Waals surface area contributed by atoms with Gasteiger partial charge >= 0.3 is 0 Å². The number of nitrogens with two attached hydrogens (primary N) is 1. The van der Waals surface area contributed by atoms with E-state index in [1.807, 2.05) is 0 Å². The van der Waals surface area contributed by atoms with E-state index < -0.39 is 0 Å². The molecule has 4 nitrogen and oxygen atoms in total. The van der Waals surface area contributed by atoms with Crippen LogP contribution in [0.4, 0.5) is 0 Å². The fourth-order valence-electron chi connectivity index (χ4n) is 6.43. The Morgan fingerprint density at radius 1 is 0.574 bits per heavy atom. The van der Waals surface area contributed by atoms with Crippen LogP contribution in [0.1, 0.15) is 200 Å². The summed E-state index contributed by atoms with van der Waals surface area (Å²) in [7, 11) is 0. The molecule has 0 aromatic rings. The highest BCUT2D eigenvalue weighted by atomic mass is 16.7. The standard InChI is InChI=1S/C43H78N2O2/c1-3-5-7-9-11-13-15-17-19-21-23-25-27-29-31-33-38-43(46-40-41(47-43)36-35-37-42(44)45)39-34-32-30-28-26-24-22-20-18-16-14-12-10-8-6-4-2/h11-14,17-20,41H,3-10,15-16,21-40H2,1-2H3,(H3,44,45)/b13-11-,14-12-,19-17-,20-18-. The molecule has 0 aliphatic carbocycles. The van der Waals surface area contributed by atoms with Crippen molar-refractivity contribution in [2.45, 2.75) is 212 Å². The highest BCUT2D eigenvalue weighted by Gasteiger charge is 2.40. The predicted molar refractivity (Wildman–Crippen MR) is 207 cm³/mol. The van der Waals surface area contributed by atoms with E-state index in [-0.39, 0.29) is 17.7 Å². The molecule has 1 unspecified atom stereocenters. The first-order chi connectivity index (χ1) is 23.1. The Hall–Kier alpha value is -1.65. The molecule has 0 saturated carbocycles. The number of hydrogen-bond acceptors (Lipinski definition) is 3. The molecule has 272 valence electrons. The van der Waals surface area contributed by atoms with E-state index in [2.05, 4.69) is 62.5 Å². The summed E-state index contributed by atoms with van der Waals surface area (Å²) in [5.41, 5.74) is 5.58. The summed E-state index contributed by atoms with van der Waals surface area (Å²) in [6.07, 6.45) is 54.0. The van der Waals surface area contributed by atoms with Crippen LogP contribution in [0.3, 0.4) is 0 Å². The molecule has 0 aromatic carbocycles. The Morgan fingerprint density at radius 2 is 0.979 bits per heavy atom. The summed E-state index contributed by atoms with van der Waals surface area (Å²) in [5, 5.41) is 7.52. The monoisotopic (exact) mass is 655 g/mol. The van der Waals surface area contributed by atoms with Crippen molar-refractivity contribution in [3.8, 4) is 0 Å². The Kier molecular flexibility index (Phi) is 30.3. The van der Waals surface area contributed by atoms with Gasteiger partial charge < -0.3 is 15.2 Å². The lowest BCUT2D eigenvalue weighted by molar-refractivity contribution is -0.180. The largest absolute Gasteiger partial charge is 0.388 e. The lowest BCUT2D eigenvalue weighted by Gasteiger charge is -2.28. The van der Waals surface area contributed by atoms with E-state index in [1.165, 1.54) is 141 Å². The molecule has 47 heavy (non-hydrogen) atoms. The fraction of sp³-hybridized carbons (Fsp3) is 0.791. The van der Waals surface area contributed by atoms with Crippen molar-refractivity contribution in [3.05, 3.63) is 48.6 Å². The van der Waals surface area contributed by atoms with Crippen LogP contribution in [0.25, 0.3) is 0 Å². The van der Waals surface area contributed by atoms with Crippen LogP contribution in [-0.2, 0) is 9.47 Å². The molecule has 3 N–H and O–H groups in total. The first-order valence-corrected chi connectivity index (χ1v) is 20.4. The second-order valence-corrected chi connectivity index (χ2v) is 14.0. The van der Waals surface area contributed by atoms with Gasteiger partial charge in [-0.15, -0.1) is 0 Å². The minimum Gasteiger partial charge on any atom is -0.388 e. The third-order valence-corrected chi connectivity index (χ3v) is 9.40. The zero-order chi connectivity index (χ0) is 33.9. The highest BCUT2D eigenvalue weighted by molar-refractivity contribution is 5.76. The first-order valence-electron chi connectivity index (χ1n) is 20.4. The number of allylic oxidation sites excluding steroid dienone is 8. The number of rotatable bonds is 34. The summed E-state index contributed by atoms with van der Waals surface area (Å²) >= 11 is 0. The Labute approximate surface area is 293 Å². The van der Waals surface area contributed by atoms with Gasteiger partial charge in [0.1, 0.15) is 0 Å². The Balaban J connectivity index is 2.19. The first kappa shape index (κ1) is 43.4. The van der Waals surface area contributed by atoms with Crippen LogP contribution >= 0.6 is 0 Å². The summed E-state index contributed by atoms with van der Waals surface area (Å²) < 4.78 is 13.0. The normalized spacial score (nSPS) is 16.6. The maximum Gasteiger partial charge on any atom is 0.168 e. The molecule has 1 aliphatic rings. The average molecular weight is 655 g/mol. The zero-order valence-electron chi connectivity index (χ0n) is 31.3. The van der Waals surface area contributed by atoms with Crippen LogP contribution in [-0.4, -0.2) is 24.3 Å². The molecule has 0 bridgehead atoms. The van der Waals surface area contributed by atoms with Gasteiger partial charge in [-0.05, 0) is 89.9 Å². The molecule has 1 aliphatic heterocycles. The fourth-order valence-corrected chi connectivity index (χ4v) is 6.43. The maximum absolute atomic E-state index is 7.52. The molecule has 1 rings (SSSR count). The minimum atomic E-state index is -0.384. The highest BCUT2D eigenvalue weighted by Crippen LogP contribution is 2.36. The van der Waals surface area contributed by atoms with E-state index >= 15 is 0 Å². The summed E-state index contributed by atoms with van der Waals surface area (Å²) in [6.45, 7) is 5.22. The summed E-state index contributed by atoms with van der Waals surface area (Å²) in [4.78, 5) is 0. The Morgan fingerprint density at radius 3 is 1.40 bits per heavy atom. The lowest BCUT2D eigenvalue weighted by atomic mass is 9.98. The van der Waals surface area contributed by atoms with Gasteiger partial charge in [-0.3, -0.25) is 5.41 Å². The Bertz CT molecular complexity index is 767. The molecule has 0 aromatic heterocycles. The number of unbranched alkanes of at least 4 members (excludes halogenated alkanes) is 18. The second kappa shape index (κ2) is 32.9. The van der Waals surface area contributed by atoms with E-state index in [0.29, 0.717) is 13.0 Å². The summed E-state index contributed by atoms with van der Waals surface area (Å²) in [5.74, 6) is -0.108. The molecular weight excluding hydrogens is 576 g/mol. The zero-order valence-corrected chi connectivity index (χ0v) is 31.3. The van der Waals surface area contributed by atoms with Gasteiger partial charge in [0.2, 0.25) is 0 Å². The van der Waals surface area contributed by atoms with Gasteiger partial charge in [0.05, 0.1) is 18.5 Å². The van der Waals surface area contributed by atoms with Gasteiger partial charge in [0.15, 0.2) is 5.79 Å². The molecular formula is C43H78N2O2. The molecule has 1 fully saturated rings. The van der Waals surface area contributed by atoms with Gasteiger partial charge in [-0.25, -0.2) is 0 Å². The second-order valence-electron chi connectivity index (χ2n) is 14.0. The van der Waals surface area contributed by atoms with Crippen LogP contribution in [0.15, 0.2) is 48.6 Å². The number of hydrogen-bond donors (Lipinski definition) is 2. The number of amidine groups is 1. The van der Waals surface area contributed by atoms with Crippen molar-refractivity contribution >= 4 is 5.84 Å². The lowest BCUT2D eigenvalue weighted by Crippen LogP contribution is -2.31. The SMILES string of the molecule is CCCCC/C=C\C/C=C\CCCCCCCCC1(CCCCCCCC/C=C\C/C=C\CCCCC)OCC(CCCC(=N)N)O1. The van der Waals surface area contributed by atoms with E-state index in [1.54, 1.807) is 0 Å². The van der Waals surface area contributed by atoms with Crippen LogP contribution in [0, 0.1) is 5.41 Å². The smallest absolute Gasteiger partial charge is 0.168 e. The van der Waals surface area contributed by atoms with Gasteiger partial charge in [0, 0.05) is 19.3 Å². The van der Waals surface area contributed by atoms with Crippen molar-refractivity contribution in [3.63, 3.8) is 0 Å². The quantitative estimate of drug-likeness (QED) is 0.0314. The van der Waals surface area contributed by atoms with Crippen molar-refractivity contribution in [2.75, 3.05) is 6.61 Å². The van der Waals surface area contributed by atoms with Gasteiger partial charge in [0.25, 0.3) is 0 Å². The third-order valence-electron chi connectivity index (χ3n) is 9.40. The van der Waals surface area contributed by atoms with E-state index in [0.717, 1.165) is 38.5 Å². The third kappa shape index (κ3) is 27.9. The minimum absolute atomic E-state index is 0.156. The van der Waals surface area contributed by atoms with Crippen molar-refractivity contribution in [2.24, 2.45) is 5.73 Å². The van der Waals surface area contributed by atoms with E-state index in [4.69, 9.17) is 20.6 Å². The van der Waals surface area contributed by atoms with E-state index in [9.17, 15) is 0 Å². The molecule has 0 amide bonds. The van der Waals surface area contributed by atoms with Crippen LogP contribution in [0.5, 0.6) is 0 Å². The average Bonchev–Trinajstić information content (AvgIpc) is 3.47. The molecule has 0 radical (unpaired) electrons. The molecule has 0 spiro atoms. The molecule has 1 saturated heterocycles. The predicted octanol–water partition coefficient (Wildman–Crippen LogP) is 13.6. The molecule has 1 heterocycles. The van der Waals surface area contributed by atoms with Gasteiger partial charge in [-0.2, -0.15) is 0 Å². The van der Waals surface area contributed by atoms with Crippen molar-refractivity contribution < 1.29 is 9.47 Å². The molecule has 4 heteroatoms. The maximum atomic E-state index is 7.52. The topological polar surface area (TPSA) is 68.3 Å². The van der Waals surface area contributed by atoms with Crippen molar-refractivity contribution in [1.29, 1.82) is 5.41 Å². The molecule has 1 atom stereocenters. The van der Waals surface area contributed by atoms with Crippen LogP contribution in [0.2, 0.25) is 0 Å². The van der Waals surface area contributed by atoms with Crippen LogP contribution < -0.4 is 5.73 Å². The number of nitrogens with one attached hydrogen (secondary N) is 1.